The van der Waals surface area contributed by atoms with E-state index in [2.05, 4.69) is 34.5 Å². The number of methoxy groups -OCH3 is 1. The highest BCUT2D eigenvalue weighted by Gasteiger charge is 2.15. The van der Waals surface area contributed by atoms with E-state index in [-0.39, 0.29) is 10.8 Å². The Morgan fingerprint density at radius 1 is 1.64 bits per heavy atom. The van der Waals surface area contributed by atoms with Gasteiger partial charge in [-0.05, 0) is 5.25 Å². The van der Waals surface area contributed by atoms with E-state index in [9.17, 15) is 4.79 Å². The molecule has 4 heteroatoms. The zero-order valence-corrected chi connectivity index (χ0v) is 9.37. The summed E-state index contributed by atoms with van der Waals surface area (Å²) in [6, 6.07) is 0. The van der Waals surface area contributed by atoms with Crippen molar-refractivity contribution in [3.63, 3.8) is 0 Å². The number of ether oxygens (including phenoxy) is 1. The van der Waals surface area contributed by atoms with Crippen LogP contribution in [0.2, 0.25) is 0 Å². The summed E-state index contributed by atoms with van der Waals surface area (Å²) in [5.41, 5.74) is 0. The molecule has 2 nitrogen and oxygen atoms in total. The van der Waals surface area contributed by atoms with Crippen LogP contribution in [-0.2, 0) is 9.53 Å². The van der Waals surface area contributed by atoms with E-state index in [1.54, 1.807) is 11.8 Å². The highest BCUT2D eigenvalue weighted by molar-refractivity contribution is 9.10. The predicted octanol–water partition coefficient (Wildman–Crippen LogP) is 2.06. The second kappa shape index (κ2) is 5.89. The molecule has 0 bridgehead atoms. The fraction of sp³-hybridized carbons (Fsp3) is 0.857. The largest absolute Gasteiger partial charge is 0.468 e. The average Bonchev–Trinajstić information content (AvgIpc) is 1.98. The molecular weight excluding hydrogens is 228 g/mol. The number of carbonyl (C=O) groups is 1. The Morgan fingerprint density at radius 2 is 2.18 bits per heavy atom. The van der Waals surface area contributed by atoms with Crippen molar-refractivity contribution in [3.05, 3.63) is 0 Å². The van der Waals surface area contributed by atoms with Crippen molar-refractivity contribution >= 4 is 33.7 Å². The van der Waals surface area contributed by atoms with Crippen LogP contribution in [0.1, 0.15) is 13.8 Å². The lowest BCUT2D eigenvalue weighted by Gasteiger charge is -2.08. The molecule has 0 spiro atoms. The van der Waals surface area contributed by atoms with Crippen LogP contribution in [-0.4, -0.2) is 28.9 Å². The fourth-order valence-corrected chi connectivity index (χ4v) is 1.81. The zero-order chi connectivity index (χ0) is 8.85. The van der Waals surface area contributed by atoms with Crippen LogP contribution >= 0.6 is 27.7 Å². The molecule has 0 aliphatic carbocycles. The number of thioether (sulfide) groups is 1. The summed E-state index contributed by atoms with van der Waals surface area (Å²) in [6.07, 6.45) is 0. The van der Waals surface area contributed by atoms with E-state index < -0.39 is 0 Å². The summed E-state index contributed by atoms with van der Waals surface area (Å²) in [5.74, 6) is 0.572. The fourth-order valence-electron chi connectivity index (χ4n) is 0.473. The van der Waals surface area contributed by atoms with Gasteiger partial charge in [0.05, 0.1) is 7.11 Å². The molecule has 0 rings (SSSR count). The second-order valence-electron chi connectivity index (χ2n) is 2.37. The van der Waals surface area contributed by atoms with Crippen molar-refractivity contribution in [1.82, 2.24) is 0 Å². The van der Waals surface area contributed by atoms with Gasteiger partial charge in [-0.15, -0.1) is 0 Å². The van der Waals surface area contributed by atoms with Crippen molar-refractivity contribution in [2.45, 2.75) is 23.9 Å². The zero-order valence-electron chi connectivity index (χ0n) is 6.96. The summed E-state index contributed by atoms with van der Waals surface area (Å²) in [6.45, 7) is 4.20. The molecule has 1 unspecified atom stereocenters. The molecule has 0 saturated heterocycles. The molecule has 0 aliphatic rings. The maximum atomic E-state index is 10.8. The van der Waals surface area contributed by atoms with E-state index in [0.29, 0.717) is 5.25 Å². The Bertz CT molecular complexity index is 128. The first-order valence-electron chi connectivity index (χ1n) is 3.41. The van der Waals surface area contributed by atoms with Gasteiger partial charge in [0.15, 0.2) is 0 Å². The van der Waals surface area contributed by atoms with E-state index in [1.807, 2.05) is 0 Å². The van der Waals surface area contributed by atoms with Crippen LogP contribution in [0.3, 0.4) is 0 Å². The van der Waals surface area contributed by atoms with Gasteiger partial charge < -0.3 is 4.74 Å². The summed E-state index contributed by atoms with van der Waals surface area (Å²) in [5, 5.41) is 0.555. The number of hydrogen-bond donors (Lipinski definition) is 0. The van der Waals surface area contributed by atoms with Gasteiger partial charge in [0.25, 0.3) is 0 Å². The minimum absolute atomic E-state index is 0.167. The Morgan fingerprint density at radius 3 is 2.55 bits per heavy atom. The van der Waals surface area contributed by atoms with Crippen molar-refractivity contribution < 1.29 is 9.53 Å². The topological polar surface area (TPSA) is 26.3 Å². The average molecular weight is 241 g/mol. The minimum atomic E-state index is -0.196. The smallest absolute Gasteiger partial charge is 0.320 e. The Balaban J connectivity index is 3.52. The standard InChI is InChI=1S/C7H13BrO2S/c1-5(2)11-4-6(8)7(9)10-3/h5-6H,4H2,1-3H3. The highest BCUT2D eigenvalue weighted by Crippen LogP contribution is 2.15. The Kier molecular flexibility index (Phi) is 6.05. The normalized spacial score (nSPS) is 13.2. The summed E-state index contributed by atoms with van der Waals surface area (Å²) in [7, 11) is 1.40. The molecule has 0 aliphatic heterocycles. The third-order valence-corrected chi connectivity index (χ3v) is 3.35. The molecule has 0 radical (unpaired) electrons. The summed E-state index contributed by atoms with van der Waals surface area (Å²) >= 11 is 4.97. The lowest BCUT2D eigenvalue weighted by molar-refractivity contribution is -0.139. The van der Waals surface area contributed by atoms with Crippen LogP contribution in [0.15, 0.2) is 0 Å². The summed E-state index contributed by atoms with van der Waals surface area (Å²) in [4.78, 5) is 10.7. The maximum Gasteiger partial charge on any atom is 0.320 e. The molecule has 1 atom stereocenters. The lowest BCUT2D eigenvalue weighted by atomic mass is 10.5. The lowest BCUT2D eigenvalue weighted by Crippen LogP contribution is -2.18. The van der Waals surface area contributed by atoms with Crippen LogP contribution < -0.4 is 0 Å². The predicted molar refractivity (Wildman–Crippen MR) is 52.3 cm³/mol. The molecule has 0 aromatic carbocycles. The summed E-state index contributed by atoms with van der Waals surface area (Å²) < 4.78 is 4.55. The van der Waals surface area contributed by atoms with Gasteiger partial charge in [0.2, 0.25) is 0 Å². The Labute approximate surface area is 80.2 Å². The first-order valence-corrected chi connectivity index (χ1v) is 5.38. The first-order chi connectivity index (χ1) is 5.07. The van der Waals surface area contributed by atoms with Gasteiger partial charge in [0, 0.05) is 5.75 Å². The molecule has 0 amide bonds. The van der Waals surface area contributed by atoms with E-state index in [0.717, 1.165) is 5.75 Å². The monoisotopic (exact) mass is 240 g/mol. The highest BCUT2D eigenvalue weighted by atomic mass is 79.9. The number of halogens is 1. The van der Waals surface area contributed by atoms with Gasteiger partial charge in [-0.3, -0.25) is 4.79 Å². The molecule has 0 aromatic rings. The molecule has 66 valence electrons. The SMILES string of the molecule is COC(=O)C(Br)CSC(C)C. The van der Waals surface area contributed by atoms with Crippen molar-refractivity contribution in [1.29, 1.82) is 0 Å². The van der Waals surface area contributed by atoms with Gasteiger partial charge in [-0.1, -0.05) is 29.8 Å². The molecule has 0 aromatic heterocycles. The van der Waals surface area contributed by atoms with Crippen LogP contribution in [0.4, 0.5) is 0 Å². The van der Waals surface area contributed by atoms with Crippen molar-refractivity contribution in [2.24, 2.45) is 0 Å². The maximum absolute atomic E-state index is 10.8. The number of alkyl halides is 1. The van der Waals surface area contributed by atoms with Crippen molar-refractivity contribution in [2.75, 3.05) is 12.9 Å². The number of esters is 1. The van der Waals surface area contributed by atoms with Gasteiger partial charge in [-0.2, -0.15) is 11.8 Å². The van der Waals surface area contributed by atoms with E-state index in [1.165, 1.54) is 7.11 Å². The van der Waals surface area contributed by atoms with E-state index >= 15 is 0 Å². The second-order valence-corrected chi connectivity index (χ2v) is 5.09. The number of carbonyl (C=O) groups excluding carboxylic acids is 1. The van der Waals surface area contributed by atoms with Crippen LogP contribution in [0.5, 0.6) is 0 Å². The number of hydrogen-bond acceptors (Lipinski definition) is 3. The van der Waals surface area contributed by atoms with Crippen LogP contribution in [0.25, 0.3) is 0 Å². The number of rotatable bonds is 4. The van der Waals surface area contributed by atoms with E-state index in [4.69, 9.17) is 0 Å². The molecule has 0 N–H and O–H groups in total. The quantitative estimate of drug-likeness (QED) is 0.556. The molecule has 11 heavy (non-hydrogen) atoms. The minimum Gasteiger partial charge on any atom is -0.468 e. The molecule has 0 heterocycles. The first kappa shape index (κ1) is 11.3. The van der Waals surface area contributed by atoms with Gasteiger partial charge in [0.1, 0.15) is 4.83 Å². The van der Waals surface area contributed by atoms with Crippen molar-refractivity contribution in [3.8, 4) is 0 Å². The van der Waals surface area contributed by atoms with Gasteiger partial charge >= 0.3 is 5.97 Å². The van der Waals surface area contributed by atoms with Gasteiger partial charge in [-0.25, -0.2) is 0 Å². The Hall–Kier alpha value is 0.300. The third-order valence-electron chi connectivity index (χ3n) is 1.03. The molecule has 0 fully saturated rings. The third kappa shape index (κ3) is 5.56. The molecule has 0 saturated carbocycles. The molecular formula is C7H13BrO2S. The van der Waals surface area contributed by atoms with Crippen LogP contribution in [0, 0.1) is 0 Å².